The van der Waals surface area contributed by atoms with Crippen molar-refractivity contribution in [2.24, 2.45) is 0 Å². The number of benzene rings is 1. The Morgan fingerprint density at radius 1 is 1.33 bits per heavy atom. The zero-order chi connectivity index (χ0) is 15.3. The number of nitrogens with zero attached hydrogens (tertiary/aromatic N) is 1. The third kappa shape index (κ3) is 3.24. The van der Waals surface area contributed by atoms with E-state index in [0.717, 1.165) is 6.42 Å². The molecular weight excluding hydrogens is 268 g/mol. The summed E-state index contributed by atoms with van der Waals surface area (Å²) in [6, 6.07) is 9.04. The Kier molecular flexibility index (Phi) is 4.96. The summed E-state index contributed by atoms with van der Waals surface area (Å²) in [6.45, 7) is 2.88. The molecule has 0 aromatic heterocycles. The van der Waals surface area contributed by atoms with Gasteiger partial charge in [-0.25, -0.2) is 0 Å². The SMILES string of the molecule is CC1(C(=O)NCCCO)CCCN1C(=O)c1ccccc1. The topological polar surface area (TPSA) is 69.6 Å². The highest BCUT2D eigenvalue weighted by atomic mass is 16.3. The van der Waals surface area contributed by atoms with Crippen LogP contribution in [0.15, 0.2) is 30.3 Å². The maximum Gasteiger partial charge on any atom is 0.254 e. The van der Waals surface area contributed by atoms with Gasteiger partial charge in [0.2, 0.25) is 5.91 Å². The fourth-order valence-electron chi connectivity index (χ4n) is 2.73. The molecule has 1 fully saturated rings. The largest absolute Gasteiger partial charge is 0.396 e. The van der Waals surface area contributed by atoms with E-state index in [1.807, 2.05) is 25.1 Å². The summed E-state index contributed by atoms with van der Waals surface area (Å²) in [6.07, 6.45) is 2.01. The molecule has 1 aromatic carbocycles. The fourth-order valence-corrected chi connectivity index (χ4v) is 2.73. The molecule has 1 unspecified atom stereocenters. The van der Waals surface area contributed by atoms with E-state index in [-0.39, 0.29) is 18.4 Å². The Hall–Kier alpha value is -1.88. The average molecular weight is 290 g/mol. The summed E-state index contributed by atoms with van der Waals surface area (Å²) >= 11 is 0. The first kappa shape index (κ1) is 15.5. The minimum absolute atomic E-state index is 0.0453. The summed E-state index contributed by atoms with van der Waals surface area (Å²) in [4.78, 5) is 26.7. The van der Waals surface area contributed by atoms with Gasteiger partial charge in [0.25, 0.3) is 5.91 Å². The van der Waals surface area contributed by atoms with Crippen molar-refractivity contribution in [3.05, 3.63) is 35.9 Å². The van der Waals surface area contributed by atoms with Crippen LogP contribution in [0, 0.1) is 0 Å². The molecule has 21 heavy (non-hydrogen) atoms. The van der Waals surface area contributed by atoms with Crippen LogP contribution in [0.3, 0.4) is 0 Å². The Bertz CT molecular complexity index is 504. The van der Waals surface area contributed by atoms with Gasteiger partial charge in [0.1, 0.15) is 5.54 Å². The second-order valence-corrected chi connectivity index (χ2v) is 5.53. The van der Waals surface area contributed by atoms with Crippen LogP contribution in [0.4, 0.5) is 0 Å². The standard InChI is InChI=1S/C16H22N2O3/c1-16(15(21)17-10-6-12-19)9-5-11-18(16)14(20)13-7-3-2-4-8-13/h2-4,7-8,19H,5-6,9-12H2,1H3,(H,17,21). The van der Waals surface area contributed by atoms with E-state index in [1.165, 1.54) is 0 Å². The van der Waals surface area contributed by atoms with Gasteiger partial charge in [0.05, 0.1) is 0 Å². The second-order valence-electron chi connectivity index (χ2n) is 5.53. The first-order chi connectivity index (χ1) is 10.1. The van der Waals surface area contributed by atoms with E-state index in [4.69, 9.17) is 5.11 Å². The minimum Gasteiger partial charge on any atom is -0.396 e. The van der Waals surface area contributed by atoms with Gasteiger partial charge in [-0.15, -0.1) is 0 Å². The molecule has 114 valence electrons. The van der Waals surface area contributed by atoms with Crippen molar-refractivity contribution in [2.75, 3.05) is 19.7 Å². The number of hydrogen-bond donors (Lipinski definition) is 2. The van der Waals surface area contributed by atoms with Gasteiger partial charge in [-0.05, 0) is 38.3 Å². The van der Waals surface area contributed by atoms with E-state index in [0.29, 0.717) is 31.5 Å². The van der Waals surface area contributed by atoms with Crippen molar-refractivity contribution in [3.63, 3.8) is 0 Å². The third-order valence-corrected chi connectivity index (χ3v) is 4.02. The highest BCUT2D eigenvalue weighted by molar-refractivity contribution is 5.99. The average Bonchev–Trinajstić information content (AvgIpc) is 2.91. The van der Waals surface area contributed by atoms with E-state index in [1.54, 1.807) is 17.0 Å². The number of hydrogen-bond acceptors (Lipinski definition) is 3. The van der Waals surface area contributed by atoms with Crippen molar-refractivity contribution >= 4 is 11.8 Å². The summed E-state index contributed by atoms with van der Waals surface area (Å²) in [5.74, 6) is -0.245. The Morgan fingerprint density at radius 3 is 2.71 bits per heavy atom. The van der Waals surface area contributed by atoms with Crippen LogP contribution in [-0.4, -0.2) is 47.1 Å². The molecule has 0 bridgehead atoms. The van der Waals surface area contributed by atoms with Gasteiger partial charge >= 0.3 is 0 Å². The number of amides is 2. The molecule has 2 rings (SSSR count). The number of rotatable bonds is 5. The van der Waals surface area contributed by atoms with E-state index < -0.39 is 5.54 Å². The fraction of sp³-hybridized carbons (Fsp3) is 0.500. The Morgan fingerprint density at radius 2 is 2.05 bits per heavy atom. The lowest BCUT2D eigenvalue weighted by Crippen LogP contribution is -2.55. The maximum atomic E-state index is 12.6. The van der Waals surface area contributed by atoms with E-state index in [9.17, 15) is 9.59 Å². The van der Waals surface area contributed by atoms with Crippen LogP contribution >= 0.6 is 0 Å². The lowest BCUT2D eigenvalue weighted by atomic mass is 9.96. The summed E-state index contributed by atoms with van der Waals surface area (Å²) in [5.41, 5.74) is -0.198. The number of likely N-dealkylation sites (tertiary alicyclic amines) is 1. The molecule has 5 heteroatoms. The zero-order valence-corrected chi connectivity index (χ0v) is 12.3. The lowest BCUT2D eigenvalue weighted by molar-refractivity contribution is -0.129. The highest BCUT2D eigenvalue weighted by Gasteiger charge is 2.45. The molecule has 1 atom stereocenters. The number of carbonyl (C=O) groups excluding carboxylic acids is 2. The molecule has 2 N–H and O–H groups in total. The van der Waals surface area contributed by atoms with E-state index >= 15 is 0 Å². The van der Waals surface area contributed by atoms with E-state index in [2.05, 4.69) is 5.32 Å². The van der Waals surface area contributed by atoms with Crippen molar-refractivity contribution in [1.29, 1.82) is 0 Å². The molecule has 5 nitrogen and oxygen atoms in total. The summed E-state index contributed by atoms with van der Waals surface area (Å²) < 4.78 is 0. The molecule has 0 spiro atoms. The summed E-state index contributed by atoms with van der Waals surface area (Å²) in [7, 11) is 0. The highest BCUT2D eigenvalue weighted by Crippen LogP contribution is 2.30. The second kappa shape index (κ2) is 6.72. The van der Waals surface area contributed by atoms with Gasteiger partial charge in [-0.3, -0.25) is 9.59 Å². The van der Waals surface area contributed by atoms with Crippen molar-refractivity contribution < 1.29 is 14.7 Å². The van der Waals surface area contributed by atoms with Crippen LogP contribution in [0.25, 0.3) is 0 Å². The Labute approximate surface area is 125 Å². The number of carbonyl (C=O) groups is 2. The minimum atomic E-state index is -0.803. The van der Waals surface area contributed by atoms with Gasteiger partial charge in [0, 0.05) is 25.3 Å². The maximum absolute atomic E-state index is 12.6. The van der Waals surface area contributed by atoms with Crippen LogP contribution < -0.4 is 5.32 Å². The monoisotopic (exact) mass is 290 g/mol. The van der Waals surface area contributed by atoms with Crippen LogP contribution in [-0.2, 0) is 4.79 Å². The molecule has 1 aliphatic heterocycles. The van der Waals surface area contributed by atoms with Gasteiger partial charge < -0.3 is 15.3 Å². The van der Waals surface area contributed by atoms with Crippen LogP contribution in [0.1, 0.15) is 36.5 Å². The van der Waals surface area contributed by atoms with Crippen molar-refractivity contribution in [3.8, 4) is 0 Å². The van der Waals surface area contributed by atoms with Gasteiger partial charge in [-0.2, -0.15) is 0 Å². The Balaban J connectivity index is 2.11. The van der Waals surface area contributed by atoms with Crippen LogP contribution in [0.2, 0.25) is 0 Å². The molecule has 0 radical (unpaired) electrons. The molecule has 1 heterocycles. The predicted octanol–water partition coefficient (Wildman–Crippen LogP) is 1.18. The summed E-state index contributed by atoms with van der Waals surface area (Å²) in [5, 5.41) is 11.6. The number of aliphatic hydroxyl groups is 1. The molecule has 1 aliphatic rings. The molecular formula is C16H22N2O3. The molecule has 1 aromatic rings. The van der Waals surface area contributed by atoms with Crippen molar-refractivity contribution in [2.45, 2.75) is 31.7 Å². The van der Waals surface area contributed by atoms with Gasteiger partial charge in [0.15, 0.2) is 0 Å². The third-order valence-electron chi connectivity index (χ3n) is 4.02. The quantitative estimate of drug-likeness (QED) is 0.800. The first-order valence-corrected chi connectivity index (χ1v) is 7.36. The van der Waals surface area contributed by atoms with Crippen molar-refractivity contribution in [1.82, 2.24) is 10.2 Å². The molecule has 1 saturated heterocycles. The van der Waals surface area contributed by atoms with Gasteiger partial charge in [-0.1, -0.05) is 18.2 Å². The number of nitrogens with one attached hydrogen (secondary N) is 1. The molecule has 0 saturated carbocycles. The smallest absolute Gasteiger partial charge is 0.254 e. The van der Waals surface area contributed by atoms with Crippen LogP contribution in [0.5, 0.6) is 0 Å². The first-order valence-electron chi connectivity index (χ1n) is 7.36. The lowest BCUT2D eigenvalue weighted by Gasteiger charge is -2.34. The predicted molar refractivity (Wildman–Crippen MR) is 79.8 cm³/mol. The number of aliphatic hydroxyl groups excluding tert-OH is 1. The zero-order valence-electron chi connectivity index (χ0n) is 12.3. The normalized spacial score (nSPS) is 21.3. The molecule has 2 amide bonds. The molecule has 0 aliphatic carbocycles.